The molecular weight excluding hydrogens is 292 g/mol. The molecule has 1 aliphatic heterocycles. The maximum absolute atomic E-state index is 5.30. The van der Waals surface area contributed by atoms with Crippen molar-refractivity contribution in [2.45, 2.75) is 32.0 Å². The highest BCUT2D eigenvalue weighted by Gasteiger charge is 2.29. The number of nitrogens with one attached hydrogen (secondary N) is 2. The summed E-state index contributed by atoms with van der Waals surface area (Å²) >= 11 is 5.30. The molecule has 4 nitrogen and oxygen atoms in total. The number of fused-ring (bicyclic) bond motifs is 1. The molecule has 0 bridgehead atoms. The fourth-order valence-electron chi connectivity index (χ4n) is 3.42. The number of likely N-dealkylation sites (tertiary alicyclic amines) is 1. The minimum absolute atomic E-state index is 0.296. The average Bonchev–Trinajstić information content (AvgIpc) is 2.98. The topological polar surface area (TPSA) is 32.2 Å². The Bertz CT molecular complexity index is 651. The Balaban J connectivity index is 1.81. The minimum Gasteiger partial charge on any atom is -0.366 e. The molecule has 2 aromatic rings. The first-order chi connectivity index (χ1) is 10.7. The second-order valence-electron chi connectivity index (χ2n) is 5.83. The van der Waals surface area contributed by atoms with E-state index in [0.29, 0.717) is 12.2 Å². The number of benzene rings is 1. The third-order valence-electron chi connectivity index (χ3n) is 4.64. The van der Waals surface area contributed by atoms with Crippen molar-refractivity contribution in [1.82, 2.24) is 20.1 Å². The highest BCUT2D eigenvalue weighted by molar-refractivity contribution is 7.80. The van der Waals surface area contributed by atoms with Gasteiger partial charge in [0.2, 0.25) is 0 Å². The van der Waals surface area contributed by atoms with Gasteiger partial charge in [0.1, 0.15) is 0 Å². The zero-order valence-electron chi connectivity index (χ0n) is 13.2. The van der Waals surface area contributed by atoms with Crippen molar-refractivity contribution in [2.75, 3.05) is 20.1 Å². The summed E-state index contributed by atoms with van der Waals surface area (Å²) in [5.74, 6) is 0. The molecule has 0 aliphatic carbocycles. The largest absolute Gasteiger partial charge is 0.366 e. The Morgan fingerprint density at radius 3 is 2.91 bits per heavy atom. The highest BCUT2D eigenvalue weighted by atomic mass is 32.1. The van der Waals surface area contributed by atoms with Crippen LogP contribution in [0, 0.1) is 0 Å². The minimum atomic E-state index is 0.296. The molecule has 0 spiro atoms. The number of thiocarbonyl (C=S) groups is 1. The van der Waals surface area contributed by atoms with Crippen molar-refractivity contribution in [1.29, 1.82) is 0 Å². The van der Waals surface area contributed by atoms with Gasteiger partial charge in [-0.15, -0.1) is 0 Å². The van der Waals surface area contributed by atoms with Gasteiger partial charge in [-0.05, 0) is 42.7 Å². The maximum atomic E-state index is 5.30. The van der Waals surface area contributed by atoms with Gasteiger partial charge in [0.15, 0.2) is 5.11 Å². The second-order valence-corrected chi connectivity index (χ2v) is 6.24. The van der Waals surface area contributed by atoms with Gasteiger partial charge in [0.25, 0.3) is 0 Å². The molecule has 0 radical (unpaired) electrons. The maximum Gasteiger partial charge on any atom is 0.167 e. The molecule has 2 N–H and O–H groups in total. The molecule has 1 fully saturated rings. The fourth-order valence-corrected chi connectivity index (χ4v) is 3.56. The predicted molar refractivity (Wildman–Crippen MR) is 96.0 cm³/mol. The molecule has 118 valence electrons. The monoisotopic (exact) mass is 316 g/mol. The van der Waals surface area contributed by atoms with Crippen LogP contribution in [-0.4, -0.2) is 40.9 Å². The van der Waals surface area contributed by atoms with E-state index in [4.69, 9.17) is 12.2 Å². The summed E-state index contributed by atoms with van der Waals surface area (Å²) in [5, 5.41) is 8.50. The van der Waals surface area contributed by atoms with Crippen LogP contribution < -0.4 is 10.6 Å². The van der Waals surface area contributed by atoms with E-state index in [1.165, 1.54) is 17.3 Å². The average molecular weight is 316 g/mol. The molecule has 2 heterocycles. The van der Waals surface area contributed by atoms with Crippen LogP contribution in [-0.2, 0) is 0 Å². The van der Waals surface area contributed by atoms with Gasteiger partial charge >= 0.3 is 0 Å². The van der Waals surface area contributed by atoms with Crippen molar-refractivity contribution >= 4 is 28.2 Å². The number of hydrogen-bond acceptors (Lipinski definition) is 2. The van der Waals surface area contributed by atoms with Crippen LogP contribution in [0.1, 0.15) is 25.8 Å². The Morgan fingerprint density at radius 1 is 1.32 bits per heavy atom. The third kappa shape index (κ3) is 2.96. The molecule has 1 saturated heterocycles. The quantitative estimate of drug-likeness (QED) is 0.853. The number of piperidine rings is 1. The Kier molecular flexibility index (Phi) is 4.64. The van der Waals surface area contributed by atoms with Crippen LogP contribution in [0.25, 0.3) is 10.9 Å². The van der Waals surface area contributed by atoms with Gasteiger partial charge in [0.05, 0.1) is 6.17 Å². The van der Waals surface area contributed by atoms with Crippen LogP contribution >= 0.6 is 12.2 Å². The highest BCUT2D eigenvalue weighted by Crippen LogP contribution is 2.29. The van der Waals surface area contributed by atoms with Crippen molar-refractivity contribution in [3.63, 3.8) is 0 Å². The normalized spacial score (nSPS) is 22.6. The zero-order chi connectivity index (χ0) is 15.5. The molecule has 5 heteroatoms. The van der Waals surface area contributed by atoms with E-state index in [-0.39, 0.29) is 0 Å². The van der Waals surface area contributed by atoms with Crippen LogP contribution in [0.5, 0.6) is 0 Å². The van der Waals surface area contributed by atoms with Crippen molar-refractivity contribution in [2.24, 2.45) is 0 Å². The summed E-state index contributed by atoms with van der Waals surface area (Å²) in [5.41, 5.74) is 1.33. The van der Waals surface area contributed by atoms with E-state index >= 15 is 0 Å². The summed E-state index contributed by atoms with van der Waals surface area (Å²) in [6, 6.07) is 11.3. The van der Waals surface area contributed by atoms with Crippen molar-refractivity contribution < 1.29 is 0 Å². The summed E-state index contributed by atoms with van der Waals surface area (Å²) in [4.78, 5) is 2.46. The summed E-state index contributed by atoms with van der Waals surface area (Å²) in [6.07, 6.45) is 4.76. The molecule has 2 atom stereocenters. The lowest BCUT2D eigenvalue weighted by Gasteiger charge is -2.40. The van der Waals surface area contributed by atoms with Crippen molar-refractivity contribution in [3.05, 3.63) is 36.5 Å². The van der Waals surface area contributed by atoms with Gasteiger partial charge in [-0.2, -0.15) is 0 Å². The van der Waals surface area contributed by atoms with Crippen LogP contribution in [0.2, 0.25) is 0 Å². The van der Waals surface area contributed by atoms with E-state index in [2.05, 4.69) is 63.6 Å². The second kappa shape index (κ2) is 6.67. The lowest BCUT2D eigenvalue weighted by atomic mass is 10.0. The fraction of sp³-hybridized carbons (Fsp3) is 0.471. The van der Waals surface area contributed by atoms with Crippen LogP contribution in [0.4, 0.5) is 0 Å². The SMILES string of the molecule is CCN1CCC(n2ccc3ccccc32)CC1NC(=S)NC. The molecule has 3 rings (SSSR count). The molecule has 22 heavy (non-hydrogen) atoms. The number of hydrogen-bond donors (Lipinski definition) is 2. The van der Waals surface area contributed by atoms with E-state index in [0.717, 1.165) is 24.6 Å². The van der Waals surface area contributed by atoms with Gasteiger partial charge in [-0.3, -0.25) is 4.90 Å². The van der Waals surface area contributed by atoms with Crippen molar-refractivity contribution in [3.8, 4) is 0 Å². The molecule has 1 aromatic heterocycles. The predicted octanol–water partition coefficient (Wildman–Crippen LogP) is 2.72. The van der Waals surface area contributed by atoms with Crippen LogP contribution in [0.15, 0.2) is 36.5 Å². The smallest absolute Gasteiger partial charge is 0.167 e. The molecule has 0 amide bonds. The first kappa shape index (κ1) is 15.3. The first-order valence-electron chi connectivity index (χ1n) is 8.00. The number of para-hydroxylation sites is 1. The Labute approximate surface area is 137 Å². The van der Waals surface area contributed by atoms with Crippen LogP contribution in [0.3, 0.4) is 0 Å². The van der Waals surface area contributed by atoms with Gasteiger partial charge in [0, 0.05) is 37.8 Å². The van der Waals surface area contributed by atoms with Gasteiger partial charge in [-0.1, -0.05) is 25.1 Å². The molecule has 2 unspecified atom stereocenters. The lowest BCUT2D eigenvalue weighted by molar-refractivity contribution is 0.112. The van der Waals surface area contributed by atoms with Gasteiger partial charge in [-0.25, -0.2) is 0 Å². The molecule has 0 saturated carbocycles. The standard InChI is InChI=1S/C17H24N4S/c1-3-20-10-9-14(12-16(20)19-17(22)18-2)21-11-8-13-6-4-5-7-15(13)21/h4-8,11,14,16H,3,9-10,12H2,1-2H3,(H2,18,19,22). The molecule has 1 aliphatic rings. The molecular formula is C17H24N4S. The number of nitrogens with zero attached hydrogens (tertiary/aromatic N) is 2. The van der Waals surface area contributed by atoms with E-state index in [1.54, 1.807) is 0 Å². The summed E-state index contributed by atoms with van der Waals surface area (Å²) in [6.45, 7) is 4.35. The van der Waals surface area contributed by atoms with Gasteiger partial charge < -0.3 is 15.2 Å². The Hall–Kier alpha value is -1.59. The zero-order valence-corrected chi connectivity index (χ0v) is 14.1. The molecule has 1 aromatic carbocycles. The van der Waals surface area contributed by atoms with E-state index < -0.39 is 0 Å². The third-order valence-corrected chi connectivity index (χ3v) is 4.96. The van der Waals surface area contributed by atoms with E-state index in [9.17, 15) is 0 Å². The lowest BCUT2D eigenvalue weighted by Crippen LogP contribution is -2.54. The summed E-state index contributed by atoms with van der Waals surface area (Å²) in [7, 11) is 1.87. The van der Waals surface area contributed by atoms with E-state index in [1.807, 2.05) is 7.05 Å². The Morgan fingerprint density at radius 2 is 2.14 bits per heavy atom. The number of aromatic nitrogens is 1. The summed E-state index contributed by atoms with van der Waals surface area (Å²) < 4.78 is 2.43. The first-order valence-corrected chi connectivity index (χ1v) is 8.41. The number of rotatable bonds is 3.